The Labute approximate surface area is 126 Å². The molecule has 0 atom stereocenters. The molecular formula is C14H16BrClO3. The molecule has 0 amide bonds. The second kappa shape index (κ2) is 6.62. The van der Waals surface area contributed by atoms with Crippen molar-refractivity contribution in [2.24, 2.45) is 5.92 Å². The van der Waals surface area contributed by atoms with Crippen LogP contribution in [0, 0.1) is 5.92 Å². The number of ether oxygens (including phenoxy) is 2. The molecule has 1 aliphatic carbocycles. The number of rotatable bonds is 3. The summed E-state index contributed by atoms with van der Waals surface area (Å²) in [6.07, 6.45) is 3.45. The first-order valence-corrected chi connectivity index (χ1v) is 7.46. The van der Waals surface area contributed by atoms with Crippen molar-refractivity contribution >= 4 is 33.5 Å². The zero-order valence-corrected chi connectivity index (χ0v) is 13.0. The zero-order valence-electron chi connectivity index (χ0n) is 10.7. The lowest BCUT2D eigenvalue weighted by Crippen LogP contribution is -2.28. The number of esters is 1. The molecule has 0 saturated heterocycles. The van der Waals surface area contributed by atoms with Crippen molar-refractivity contribution in [2.45, 2.75) is 31.8 Å². The first-order valence-electron chi connectivity index (χ1n) is 6.29. The summed E-state index contributed by atoms with van der Waals surface area (Å²) < 4.78 is 11.6. The number of halogens is 2. The third kappa shape index (κ3) is 3.86. The van der Waals surface area contributed by atoms with Gasteiger partial charge in [0, 0.05) is 4.47 Å². The molecule has 0 radical (unpaired) electrons. The Morgan fingerprint density at radius 1 is 1.32 bits per heavy atom. The van der Waals surface area contributed by atoms with Crippen LogP contribution in [0.25, 0.3) is 0 Å². The highest BCUT2D eigenvalue weighted by Crippen LogP contribution is 2.32. The van der Waals surface area contributed by atoms with Crippen LogP contribution in [-0.2, 0) is 9.53 Å². The molecule has 1 aromatic carbocycles. The van der Waals surface area contributed by atoms with Gasteiger partial charge in [-0.15, -0.1) is 0 Å². The SMILES string of the molecule is COC(=O)[C@H]1CC[C@H](Oc2ccc(Br)cc2Cl)CC1. The molecule has 0 unspecified atom stereocenters. The fourth-order valence-electron chi connectivity index (χ4n) is 2.33. The predicted molar refractivity (Wildman–Crippen MR) is 77.5 cm³/mol. The van der Waals surface area contributed by atoms with Gasteiger partial charge >= 0.3 is 5.97 Å². The largest absolute Gasteiger partial charge is 0.489 e. The molecule has 1 aliphatic rings. The van der Waals surface area contributed by atoms with Gasteiger partial charge in [0.1, 0.15) is 5.75 Å². The first-order chi connectivity index (χ1) is 9.10. The Bertz CT molecular complexity index is 456. The van der Waals surface area contributed by atoms with Crippen molar-refractivity contribution in [3.8, 4) is 5.75 Å². The molecule has 3 nitrogen and oxygen atoms in total. The Hall–Kier alpha value is -0.740. The quantitative estimate of drug-likeness (QED) is 0.768. The third-order valence-electron chi connectivity index (χ3n) is 3.40. The molecule has 0 N–H and O–H groups in total. The van der Waals surface area contributed by atoms with Crippen LogP contribution in [0.1, 0.15) is 25.7 Å². The van der Waals surface area contributed by atoms with Gasteiger partial charge in [0.15, 0.2) is 0 Å². The average molecular weight is 348 g/mol. The first kappa shape index (κ1) is 14.7. The van der Waals surface area contributed by atoms with Crippen molar-refractivity contribution in [3.63, 3.8) is 0 Å². The molecule has 5 heteroatoms. The summed E-state index contributed by atoms with van der Waals surface area (Å²) in [4.78, 5) is 11.4. The van der Waals surface area contributed by atoms with E-state index in [-0.39, 0.29) is 18.0 Å². The van der Waals surface area contributed by atoms with Crippen molar-refractivity contribution in [3.05, 3.63) is 27.7 Å². The summed E-state index contributed by atoms with van der Waals surface area (Å²) >= 11 is 9.48. The third-order valence-corrected chi connectivity index (χ3v) is 4.18. The summed E-state index contributed by atoms with van der Waals surface area (Å²) in [5.41, 5.74) is 0. The molecular weight excluding hydrogens is 332 g/mol. The molecule has 1 fully saturated rings. The van der Waals surface area contributed by atoms with Gasteiger partial charge in [0.2, 0.25) is 0 Å². The van der Waals surface area contributed by atoms with E-state index in [9.17, 15) is 4.79 Å². The summed E-state index contributed by atoms with van der Waals surface area (Å²) in [6, 6.07) is 5.58. The van der Waals surface area contributed by atoms with Crippen molar-refractivity contribution in [2.75, 3.05) is 7.11 Å². The fraction of sp³-hybridized carbons (Fsp3) is 0.500. The highest BCUT2D eigenvalue weighted by molar-refractivity contribution is 9.10. The van der Waals surface area contributed by atoms with E-state index in [1.54, 1.807) is 0 Å². The highest BCUT2D eigenvalue weighted by atomic mass is 79.9. The summed E-state index contributed by atoms with van der Waals surface area (Å²) in [6.45, 7) is 0. The number of carbonyl (C=O) groups is 1. The number of methoxy groups -OCH3 is 1. The lowest BCUT2D eigenvalue weighted by molar-refractivity contribution is -0.147. The van der Waals surface area contributed by atoms with Crippen LogP contribution in [-0.4, -0.2) is 19.2 Å². The summed E-state index contributed by atoms with van der Waals surface area (Å²) in [5.74, 6) is 0.608. The second-order valence-corrected chi connectivity index (χ2v) is 6.01. The Balaban J connectivity index is 1.90. The molecule has 0 heterocycles. The second-order valence-electron chi connectivity index (χ2n) is 4.69. The summed E-state index contributed by atoms with van der Waals surface area (Å²) in [7, 11) is 1.44. The lowest BCUT2D eigenvalue weighted by atomic mass is 9.87. The predicted octanol–water partition coefficient (Wildman–Crippen LogP) is 4.21. The minimum Gasteiger partial charge on any atom is -0.489 e. The number of carbonyl (C=O) groups excluding carboxylic acids is 1. The van der Waals surface area contributed by atoms with Gasteiger partial charge in [-0.2, -0.15) is 0 Å². The van der Waals surface area contributed by atoms with E-state index in [0.29, 0.717) is 10.8 Å². The Kier molecular flexibility index (Phi) is 5.11. The molecule has 1 aromatic rings. The molecule has 0 aliphatic heterocycles. The van der Waals surface area contributed by atoms with Crippen molar-refractivity contribution < 1.29 is 14.3 Å². The van der Waals surface area contributed by atoms with Crippen LogP contribution in [0.15, 0.2) is 22.7 Å². The van der Waals surface area contributed by atoms with E-state index in [4.69, 9.17) is 21.1 Å². The maximum Gasteiger partial charge on any atom is 0.308 e. The van der Waals surface area contributed by atoms with Gasteiger partial charge in [-0.3, -0.25) is 4.79 Å². The number of hydrogen-bond donors (Lipinski definition) is 0. The van der Waals surface area contributed by atoms with Gasteiger partial charge < -0.3 is 9.47 Å². The smallest absolute Gasteiger partial charge is 0.308 e. The number of benzene rings is 1. The van der Waals surface area contributed by atoms with Gasteiger partial charge in [0.05, 0.1) is 24.2 Å². The van der Waals surface area contributed by atoms with Gasteiger partial charge in [0.25, 0.3) is 0 Å². The molecule has 19 heavy (non-hydrogen) atoms. The van der Waals surface area contributed by atoms with Gasteiger partial charge in [-0.25, -0.2) is 0 Å². The van der Waals surface area contributed by atoms with Crippen LogP contribution < -0.4 is 4.74 Å². The summed E-state index contributed by atoms with van der Waals surface area (Å²) in [5, 5.41) is 0.601. The molecule has 2 rings (SSSR count). The minimum absolute atomic E-state index is 0.0187. The van der Waals surface area contributed by atoms with Crippen LogP contribution in [0.4, 0.5) is 0 Å². The monoisotopic (exact) mass is 346 g/mol. The number of hydrogen-bond acceptors (Lipinski definition) is 3. The molecule has 0 aromatic heterocycles. The average Bonchev–Trinajstić information content (AvgIpc) is 2.42. The van der Waals surface area contributed by atoms with Crippen LogP contribution >= 0.6 is 27.5 Å². The van der Waals surface area contributed by atoms with Crippen molar-refractivity contribution in [1.29, 1.82) is 0 Å². The molecule has 0 spiro atoms. The minimum atomic E-state index is -0.111. The maximum atomic E-state index is 11.4. The van der Waals surface area contributed by atoms with E-state index < -0.39 is 0 Å². The molecule has 104 valence electrons. The van der Waals surface area contributed by atoms with E-state index in [0.717, 1.165) is 30.2 Å². The lowest BCUT2D eigenvalue weighted by Gasteiger charge is -2.27. The Morgan fingerprint density at radius 2 is 2.00 bits per heavy atom. The van der Waals surface area contributed by atoms with E-state index in [1.807, 2.05) is 18.2 Å². The topological polar surface area (TPSA) is 35.5 Å². The van der Waals surface area contributed by atoms with Crippen LogP contribution in [0.2, 0.25) is 5.02 Å². The normalized spacial score (nSPS) is 22.9. The molecule has 1 saturated carbocycles. The van der Waals surface area contributed by atoms with Crippen LogP contribution in [0.3, 0.4) is 0 Å². The Morgan fingerprint density at radius 3 is 2.58 bits per heavy atom. The van der Waals surface area contributed by atoms with Gasteiger partial charge in [-0.05, 0) is 43.9 Å². The maximum absolute atomic E-state index is 11.4. The molecule has 0 bridgehead atoms. The van der Waals surface area contributed by atoms with E-state index in [1.165, 1.54) is 7.11 Å². The standard InChI is InChI=1S/C14H16BrClO3/c1-18-14(17)9-2-5-11(6-3-9)19-13-7-4-10(15)8-12(13)16/h4,7-9,11H,2-3,5-6H2,1H3/t9-,11-. The highest BCUT2D eigenvalue weighted by Gasteiger charge is 2.28. The fourth-order valence-corrected chi connectivity index (χ4v) is 3.05. The van der Waals surface area contributed by atoms with Crippen LogP contribution in [0.5, 0.6) is 5.75 Å². The van der Waals surface area contributed by atoms with Crippen molar-refractivity contribution in [1.82, 2.24) is 0 Å². The zero-order chi connectivity index (χ0) is 13.8. The van der Waals surface area contributed by atoms with E-state index >= 15 is 0 Å². The van der Waals surface area contributed by atoms with E-state index in [2.05, 4.69) is 15.9 Å². The van der Waals surface area contributed by atoms with Gasteiger partial charge in [-0.1, -0.05) is 27.5 Å².